The largest absolute Gasteiger partial charge is 0.372 e. The highest BCUT2D eigenvalue weighted by Gasteiger charge is 2.23. The van der Waals surface area contributed by atoms with Crippen LogP contribution < -0.4 is 4.90 Å². The zero-order valence-corrected chi connectivity index (χ0v) is 21.6. The monoisotopic (exact) mass is 453 g/mol. The number of unbranched alkanes of at least 4 members (excludes halogenated alkanes) is 4. The number of benzene rings is 1. The average Bonchev–Trinajstić information content (AvgIpc) is 2.82. The molecule has 0 N–H and O–H groups in total. The molecule has 0 atom stereocenters. The molecule has 0 bridgehead atoms. The summed E-state index contributed by atoms with van der Waals surface area (Å²) < 4.78 is 0. The van der Waals surface area contributed by atoms with Gasteiger partial charge in [0.05, 0.1) is 11.4 Å². The fourth-order valence-electron chi connectivity index (χ4n) is 4.26. The van der Waals surface area contributed by atoms with E-state index in [4.69, 9.17) is 4.99 Å². The van der Waals surface area contributed by atoms with Crippen LogP contribution in [-0.2, 0) is 0 Å². The van der Waals surface area contributed by atoms with Crippen molar-refractivity contribution in [1.82, 2.24) is 4.90 Å². The molecule has 0 amide bonds. The van der Waals surface area contributed by atoms with Crippen LogP contribution in [0.3, 0.4) is 0 Å². The number of nitrogens with zero attached hydrogens (tertiary/aromatic N) is 3. The van der Waals surface area contributed by atoms with Crippen molar-refractivity contribution >= 4 is 28.8 Å². The molecule has 0 spiro atoms. The van der Waals surface area contributed by atoms with Gasteiger partial charge in [0.15, 0.2) is 0 Å². The van der Waals surface area contributed by atoms with Crippen molar-refractivity contribution in [2.45, 2.75) is 90.4 Å². The minimum Gasteiger partial charge on any atom is -0.372 e. The minimum atomic E-state index is 0.948. The normalized spacial score (nSPS) is 14.8. The van der Waals surface area contributed by atoms with Crippen molar-refractivity contribution in [1.29, 1.82) is 0 Å². The van der Waals surface area contributed by atoms with E-state index in [0.29, 0.717) is 0 Å². The predicted octanol–water partition coefficient (Wildman–Crippen LogP) is 8.35. The summed E-state index contributed by atoms with van der Waals surface area (Å²) in [6.07, 6.45) is 15.7. The van der Waals surface area contributed by atoms with Crippen molar-refractivity contribution in [3.8, 4) is 0 Å². The molecule has 3 nitrogen and oxygen atoms in total. The summed E-state index contributed by atoms with van der Waals surface area (Å²) in [5.41, 5.74) is 5.14. The van der Waals surface area contributed by atoms with E-state index in [0.717, 1.165) is 38.3 Å². The van der Waals surface area contributed by atoms with Crippen LogP contribution in [0.5, 0.6) is 0 Å². The van der Waals surface area contributed by atoms with E-state index in [9.17, 15) is 0 Å². The van der Waals surface area contributed by atoms with Crippen molar-refractivity contribution in [2.75, 3.05) is 31.1 Å². The maximum absolute atomic E-state index is 5.06. The van der Waals surface area contributed by atoms with Crippen LogP contribution in [0, 0.1) is 0 Å². The van der Waals surface area contributed by atoms with E-state index in [1.54, 1.807) is 0 Å². The minimum absolute atomic E-state index is 0.948. The maximum Gasteiger partial charge on any atom is 0.0774 e. The first-order chi connectivity index (χ1) is 15.7. The average molecular weight is 454 g/mol. The molecule has 0 radical (unpaired) electrons. The molecule has 1 aliphatic carbocycles. The molecule has 0 saturated carbocycles. The third-order valence-corrected chi connectivity index (χ3v) is 7.46. The van der Waals surface area contributed by atoms with Crippen LogP contribution in [0.4, 0.5) is 11.4 Å². The molecule has 0 fully saturated rings. The first-order valence-corrected chi connectivity index (χ1v) is 13.8. The Hall–Kier alpha value is -1.68. The highest BCUT2D eigenvalue weighted by atomic mass is 32.2. The Labute approximate surface area is 201 Å². The number of aliphatic imine (C=N–C) groups is 1. The first kappa shape index (κ1) is 25.0. The quantitative estimate of drug-likeness (QED) is 0.282. The van der Waals surface area contributed by atoms with Crippen molar-refractivity contribution in [3.63, 3.8) is 0 Å². The molecule has 32 heavy (non-hydrogen) atoms. The smallest absolute Gasteiger partial charge is 0.0774 e. The Morgan fingerprint density at radius 2 is 1.41 bits per heavy atom. The molecule has 2 aliphatic rings. The van der Waals surface area contributed by atoms with Gasteiger partial charge in [-0.05, 0) is 50.0 Å². The molecule has 1 aromatic carbocycles. The second-order valence-electron chi connectivity index (χ2n) is 9.04. The fraction of sp³-hybridized carbons (Fsp3) is 0.607. The van der Waals surface area contributed by atoms with Crippen LogP contribution in [0.25, 0.3) is 0 Å². The third kappa shape index (κ3) is 6.66. The molecular formula is C28H43N3S. The Morgan fingerprint density at radius 1 is 0.812 bits per heavy atom. The van der Waals surface area contributed by atoms with Crippen LogP contribution in [0.1, 0.15) is 85.5 Å². The second kappa shape index (κ2) is 13.1. The first-order valence-electron chi connectivity index (χ1n) is 13.0. The summed E-state index contributed by atoms with van der Waals surface area (Å²) in [4.78, 5) is 12.9. The number of hydrogen-bond acceptors (Lipinski definition) is 4. The standard InChI is InChI=1S/C28H43N3S/c1-5-9-17-30(18-10-6-2)23-13-15-25-27(21-23)32-28-22-24(14-16-26(28)29-25)31(19-11-7-3)20-12-8-4/h13-15,21-22H,5-12,16-20H2,1-4H3. The van der Waals surface area contributed by atoms with Gasteiger partial charge in [-0.2, -0.15) is 0 Å². The Morgan fingerprint density at radius 3 is 2.00 bits per heavy atom. The van der Waals surface area contributed by atoms with E-state index < -0.39 is 0 Å². The molecule has 0 unspecified atom stereocenters. The van der Waals surface area contributed by atoms with E-state index >= 15 is 0 Å². The summed E-state index contributed by atoms with van der Waals surface area (Å²) >= 11 is 1.93. The SMILES string of the molecule is CCCCN(CCCC)C1=CCC2=Nc3ccc(N(CCCC)CCCC)cc3SC2=C1. The topological polar surface area (TPSA) is 18.8 Å². The Bertz CT molecular complexity index is 808. The highest BCUT2D eigenvalue weighted by Crippen LogP contribution is 2.44. The number of fused-ring (bicyclic) bond motifs is 2. The number of anilines is 1. The summed E-state index contributed by atoms with van der Waals surface area (Å²) in [6, 6.07) is 6.90. The zero-order valence-electron chi connectivity index (χ0n) is 20.8. The van der Waals surface area contributed by atoms with Crippen LogP contribution in [0.15, 0.2) is 50.8 Å². The van der Waals surface area contributed by atoms with E-state index in [1.807, 2.05) is 11.8 Å². The molecular weight excluding hydrogens is 410 g/mol. The Balaban J connectivity index is 1.79. The lowest BCUT2D eigenvalue weighted by molar-refractivity contribution is 0.339. The molecule has 1 heterocycles. The van der Waals surface area contributed by atoms with Gasteiger partial charge in [-0.25, -0.2) is 0 Å². The van der Waals surface area contributed by atoms with Gasteiger partial charge in [0.2, 0.25) is 0 Å². The lowest BCUT2D eigenvalue weighted by Crippen LogP contribution is -2.27. The molecule has 0 aromatic heterocycles. The van der Waals surface area contributed by atoms with Crippen LogP contribution >= 0.6 is 11.8 Å². The number of allylic oxidation sites excluding steroid dienone is 3. The lowest BCUT2D eigenvalue weighted by Gasteiger charge is -2.30. The molecule has 176 valence electrons. The maximum atomic E-state index is 5.06. The lowest BCUT2D eigenvalue weighted by atomic mass is 10.1. The summed E-state index contributed by atoms with van der Waals surface area (Å²) in [6.45, 7) is 13.7. The molecule has 0 saturated heterocycles. The number of thioether (sulfide) groups is 1. The van der Waals surface area contributed by atoms with Crippen LogP contribution in [-0.4, -0.2) is 36.8 Å². The van der Waals surface area contributed by atoms with Gasteiger partial charge in [-0.3, -0.25) is 4.99 Å². The van der Waals surface area contributed by atoms with E-state index in [2.05, 4.69) is 67.8 Å². The summed E-state index contributed by atoms with van der Waals surface area (Å²) in [5.74, 6) is 0. The van der Waals surface area contributed by atoms with Gasteiger partial charge in [0.25, 0.3) is 0 Å². The third-order valence-electron chi connectivity index (χ3n) is 6.34. The van der Waals surface area contributed by atoms with Gasteiger partial charge in [0, 0.05) is 53.8 Å². The molecule has 4 heteroatoms. The van der Waals surface area contributed by atoms with Crippen molar-refractivity contribution in [2.24, 2.45) is 4.99 Å². The Kier molecular flexibility index (Phi) is 10.2. The highest BCUT2D eigenvalue weighted by molar-refractivity contribution is 8.04. The summed E-state index contributed by atoms with van der Waals surface area (Å²) in [5, 5.41) is 0. The van der Waals surface area contributed by atoms with Gasteiger partial charge >= 0.3 is 0 Å². The summed E-state index contributed by atoms with van der Waals surface area (Å²) in [7, 11) is 0. The van der Waals surface area contributed by atoms with E-state index in [-0.39, 0.29) is 0 Å². The predicted molar refractivity (Wildman–Crippen MR) is 144 cm³/mol. The fourth-order valence-corrected chi connectivity index (χ4v) is 5.32. The second-order valence-corrected chi connectivity index (χ2v) is 10.1. The van der Waals surface area contributed by atoms with E-state index in [1.165, 1.54) is 78.3 Å². The number of hydrogen-bond donors (Lipinski definition) is 0. The van der Waals surface area contributed by atoms with Crippen molar-refractivity contribution < 1.29 is 0 Å². The van der Waals surface area contributed by atoms with Gasteiger partial charge < -0.3 is 9.80 Å². The molecule has 3 rings (SSSR count). The molecule has 1 aliphatic heterocycles. The van der Waals surface area contributed by atoms with Gasteiger partial charge in [0.1, 0.15) is 0 Å². The van der Waals surface area contributed by atoms with Gasteiger partial charge in [-0.1, -0.05) is 71.2 Å². The molecule has 1 aromatic rings. The van der Waals surface area contributed by atoms with Crippen molar-refractivity contribution in [3.05, 3.63) is 41.0 Å². The van der Waals surface area contributed by atoms with Gasteiger partial charge in [-0.15, -0.1) is 0 Å². The van der Waals surface area contributed by atoms with Crippen LogP contribution in [0.2, 0.25) is 0 Å². The number of rotatable bonds is 14. The zero-order chi connectivity index (χ0) is 22.8.